The molecule has 3 rings (SSSR count). The molecule has 5 nitrogen and oxygen atoms in total. The molecule has 2 saturated heterocycles. The fourth-order valence-electron chi connectivity index (χ4n) is 4.29. The molecule has 0 unspecified atom stereocenters. The molecule has 2 aliphatic heterocycles. The Hall–Kier alpha value is -1.66. The minimum Gasteiger partial charge on any atom is -0.346 e. The molecular weight excluding hydrogens is 368 g/mol. The molecule has 0 spiro atoms. The van der Waals surface area contributed by atoms with Crippen molar-refractivity contribution < 1.29 is 4.79 Å². The Kier molecular flexibility index (Phi) is 6.94. The Morgan fingerprint density at radius 3 is 2.29 bits per heavy atom. The Balaban J connectivity index is 1.45. The van der Waals surface area contributed by atoms with Crippen LogP contribution in [-0.4, -0.2) is 71.5 Å². The van der Waals surface area contributed by atoms with Crippen molar-refractivity contribution in [1.29, 1.82) is 0 Å². The van der Waals surface area contributed by atoms with E-state index in [0.717, 1.165) is 50.1 Å². The van der Waals surface area contributed by atoms with Crippen LogP contribution in [0.3, 0.4) is 0 Å². The average Bonchev–Trinajstić information content (AvgIpc) is 2.64. The lowest BCUT2D eigenvalue weighted by Gasteiger charge is -2.39. The van der Waals surface area contributed by atoms with Crippen LogP contribution in [0.1, 0.15) is 31.4 Å². The van der Waals surface area contributed by atoms with Crippen molar-refractivity contribution in [1.82, 2.24) is 14.7 Å². The first kappa shape index (κ1) is 21.1. The summed E-state index contributed by atoms with van der Waals surface area (Å²) in [6.07, 6.45) is 1.23. The van der Waals surface area contributed by atoms with Gasteiger partial charge < -0.3 is 15.1 Å². The summed E-state index contributed by atoms with van der Waals surface area (Å²) in [5.41, 5.74) is 3.59. The van der Waals surface area contributed by atoms with E-state index < -0.39 is 0 Å². The lowest BCUT2D eigenvalue weighted by Crippen LogP contribution is -2.53. The predicted molar refractivity (Wildman–Crippen MR) is 120 cm³/mol. The van der Waals surface area contributed by atoms with E-state index in [9.17, 15) is 4.79 Å². The van der Waals surface area contributed by atoms with Gasteiger partial charge in [-0.1, -0.05) is 19.9 Å². The molecule has 0 saturated carbocycles. The SMILES string of the molecule is Cc1ccc(NC(=S)N2CCN(CC(=O)N3C[C@H](C)C[C@H](C)C3)CC2)cc1C. The number of aryl methyl sites for hydroxylation is 2. The largest absolute Gasteiger partial charge is 0.346 e. The summed E-state index contributed by atoms with van der Waals surface area (Å²) < 4.78 is 0. The third-order valence-corrected chi connectivity index (χ3v) is 6.36. The number of hydrogen-bond donors (Lipinski definition) is 1. The molecule has 1 aromatic carbocycles. The number of nitrogens with zero attached hydrogens (tertiary/aromatic N) is 3. The second kappa shape index (κ2) is 9.23. The van der Waals surface area contributed by atoms with Crippen LogP contribution in [0.25, 0.3) is 0 Å². The van der Waals surface area contributed by atoms with Crippen LogP contribution in [0.5, 0.6) is 0 Å². The molecule has 1 N–H and O–H groups in total. The molecule has 28 heavy (non-hydrogen) atoms. The fourth-order valence-corrected chi connectivity index (χ4v) is 4.59. The van der Waals surface area contributed by atoms with Gasteiger partial charge in [-0.2, -0.15) is 0 Å². The first-order valence-corrected chi connectivity index (χ1v) is 10.9. The second-order valence-corrected chi connectivity index (χ2v) is 9.12. The van der Waals surface area contributed by atoms with Gasteiger partial charge in [0.15, 0.2) is 5.11 Å². The minimum atomic E-state index is 0.280. The number of amides is 1. The first-order chi connectivity index (χ1) is 13.3. The summed E-state index contributed by atoms with van der Waals surface area (Å²) in [5.74, 6) is 1.50. The highest BCUT2D eigenvalue weighted by atomic mass is 32.1. The van der Waals surface area contributed by atoms with Crippen LogP contribution in [0.15, 0.2) is 18.2 Å². The smallest absolute Gasteiger partial charge is 0.236 e. The van der Waals surface area contributed by atoms with E-state index in [-0.39, 0.29) is 5.91 Å². The summed E-state index contributed by atoms with van der Waals surface area (Å²) in [7, 11) is 0. The number of piperazine rings is 1. The number of carbonyl (C=O) groups is 1. The summed E-state index contributed by atoms with van der Waals surface area (Å²) in [6, 6.07) is 6.33. The normalized spacial score (nSPS) is 23.6. The van der Waals surface area contributed by atoms with E-state index in [1.165, 1.54) is 17.5 Å². The minimum absolute atomic E-state index is 0.280. The molecule has 0 radical (unpaired) electrons. The van der Waals surface area contributed by atoms with Gasteiger partial charge in [0.1, 0.15) is 0 Å². The molecule has 0 aromatic heterocycles. The topological polar surface area (TPSA) is 38.8 Å². The number of rotatable bonds is 3. The molecule has 2 heterocycles. The predicted octanol–water partition coefficient (Wildman–Crippen LogP) is 3.12. The summed E-state index contributed by atoms with van der Waals surface area (Å²) in [6.45, 7) is 14.5. The number of benzene rings is 1. The molecule has 0 bridgehead atoms. The molecule has 2 atom stereocenters. The zero-order valence-electron chi connectivity index (χ0n) is 17.7. The van der Waals surface area contributed by atoms with Crippen molar-refractivity contribution in [2.75, 3.05) is 51.1 Å². The van der Waals surface area contributed by atoms with Gasteiger partial charge in [-0.05, 0) is 67.6 Å². The summed E-state index contributed by atoms with van der Waals surface area (Å²) in [4.78, 5) is 19.2. The third kappa shape index (κ3) is 5.45. The number of anilines is 1. The average molecular weight is 403 g/mol. The number of thiocarbonyl (C=S) groups is 1. The van der Waals surface area contributed by atoms with Crippen LogP contribution in [0.4, 0.5) is 5.69 Å². The van der Waals surface area contributed by atoms with Crippen LogP contribution < -0.4 is 5.32 Å². The Morgan fingerprint density at radius 2 is 1.68 bits per heavy atom. The van der Waals surface area contributed by atoms with Crippen LogP contribution >= 0.6 is 12.2 Å². The molecule has 0 aliphatic carbocycles. The van der Waals surface area contributed by atoms with E-state index in [1.807, 2.05) is 0 Å². The van der Waals surface area contributed by atoms with Gasteiger partial charge >= 0.3 is 0 Å². The highest BCUT2D eigenvalue weighted by molar-refractivity contribution is 7.80. The van der Waals surface area contributed by atoms with Crippen LogP contribution in [-0.2, 0) is 4.79 Å². The van der Waals surface area contributed by atoms with Gasteiger partial charge in [0.2, 0.25) is 5.91 Å². The number of hydrogen-bond acceptors (Lipinski definition) is 3. The summed E-state index contributed by atoms with van der Waals surface area (Å²) >= 11 is 5.61. The zero-order valence-corrected chi connectivity index (χ0v) is 18.5. The highest BCUT2D eigenvalue weighted by Gasteiger charge is 2.27. The maximum atomic E-state index is 12.7. The lowest BCUT2D eigenvalue weighted by atomic mass is 9.92. The van der Waals surface area contributed by atoms with E-state index in [1.54, 1.807) is 0 Å². The van der Waals surface area contributed by atoms with Gasteiger partial charge in [-0.3, -0.25) is 9.69 Å². The fraction of sp³-hybridized carbons (Fsp3) is 0.636. The van der Waals surface area contributed by atoms with Crippen molar-refractivity contribution in [3.05, 3.63) is 29.3 Å². The summed E-state index contributed by atoms with van der Waals surface area (Å²) in [5, 5.41) is 4.13. The first-order valence-electron chi connectivity index (χ1n) is 10.4. The Bertz CT molecular complexity index is 704. The second-order valence-electron chi connectivity index (χ2n) is 8.74. The monoisotopic (exact) mass is 402 g/mol. The van der Waals surface area contributed by atoms with Crippen molar-refractivity contribution in [3.63, 3.8) is 0 Å². The van der Waals surface area contributed by atoms with Gasteiger partial charge in [0, 0.05) is 45.0 Å². The van der Waals surface area contributed by atoms with Crippen molar-refractivity contribution in [3.8, 4) is 0 Å². The molecule has 154 valence electrons. The molecular formula is C22H34N4OS. The third-order valence-electron chi connectivity index (χ3n) is 6.00. The van der Waals surface area contributed by atoms with Crippen molar-refractivity contribution in [2.24, 2.45) is 11.8 Å². The van der Waals surface area contributed by atoms with Gasteiger partial charge in [0.05, 0.1) is 6.54 Å². The van der Waals surface area contributed by atoms with E-state index >= 15 is 0 Å². The van der Waals surface area contributed by atoms with Gasteiger partial charge in [-0.25, -0.2) is 0 Å². The number of likely N-dealkylation sites (tertiary alicyclic amines) is 1. The van der Waals surface area contributed by atoms with E-state index in [0.29, 0.717) is 18.4 Å². The molecule has 2 aliphatic rings. The van der Waals surface area contributed by atoms with Crippen LogP contribution in [0, 0.1) is 25.7 Å². The number of carbonyl (C=O) groups excluding carboxylic acids is 1. The van der Waals surface area contributed by atoms with E-state index in [2.05, 4.69) is 65.9 Å². The highest BCUT2D eigenvalue weighted by Crippen LogP contribution is 2.21. The quantitative estimate of drug-likeness (QED) is 0.787. The van der Waals surface area contributed by atoms with Crippen LogP contribution in [0.2, 0.25) is 0 Å². The number of nitrogens with one attached hydrogen (secondary N) is 1. The lowest BCUT2D eigenvalue weighted by molar-refractivity contribution is -0.135. The van der Waals surface area contributed by atoms with Crippen molar-refractivity contribution in [2.45, 2.75) is 34.1 Å². The Labute approximate surface area is 175 Å². The maximum absolute atomic E-state index is 12.7. The number of piperidine rings is 1. The van der Waals surface area contributed by atoms with Gasteiger partial charge in [0.25, 0.3) is 0 Å². The Morgan fingerprint density at radius 1 is 1.04 bits per heavy atom. The van der Waals surface area contributed by atoms with Gasteiger partial charge in [-0.15, -0.1) is 0 Å². The molecule has 2 fully saturated rings. The zero-order chi connectivity index (χ0) is 20.3. The maximum Gasteiger partial charge on any atom is 0.236 e. The molecule has 1 amide bonds. The van der Waals surface area contributed by atoms with E-state index in [4.69, 9.17) is 12.2 Å². The molecule has 1 aromatic rings. The standard InChI is InChI=1S/C22H34N4OS/c1-16-11-17(2)14-26(13-16)21(27)15-24-7-9-25(10-8-24)22(28)23-20-6-5-18(3)19(4)12-20/h5-6,12,16-17H,7-11,13-15H2,1-4H3,(H,23,28)/t16-,17+. The van der Waals surface area contributed by atoms with Crippen molar-refractivity contribution >= 4 is 28.9 Å². The molecule has 6 heteroatoms.